The average molecular weight is 471 g/mol. The van der Waals surface area contributed by atoms with E-state index >= 15 is 0 Å². The first-order valence-corrected chi connectivity index (χ1v) is 8.32. The first kappa shape index (κ1) is 19.0. The molecular formula is C20H18IN5O. The quantitative estimate of drug-likeness (QED) is 0.325. The maximum atomic E-state index is 12.5. The summed E-state index contributed by atoms with van der Waals surface area (Å²) in [5.74, 6) is 0.305. The van der Waals surface area contributed by atoms with Crippen LogP contribution in [0.1, 0.15) is 15.9 Å². The van der Waals surface area contributed by atoms with Gasteiger partial charge in [0.15, 0.2) is 18.5 Å². The van der Waals surface area contributed by atoms with Gasteiger partial charge in [0.25, 0.3) is 5.91 Å². The van der Waals surface area contributed by atoms with Gasteiger partial charge in [-0.15, -0.1) is 0 Å². The van der Waals surface area contributed by atoms with Crippen LogP contribution in [0.15, 0.2) is 73.3 Å². The van der Waals surface area contributed by atoms with Gasteiger partial charge in [-0.25, -0.2) is 4.57 Å². The van der Waals surface area contributed by atoms with Gasteiger partial charge in [-0.2, -0.15) is 4.98 Å². The van der Waals surface area contributed by atoms with Crippen LogP contribution in [0.25, 0.3) is 11.2 Å². The van der Waals surface area contributed by atoms with Crippen molar-refractivity contribution >= 4 is 22.9 Å². The minimum atomic E-state index is -0.193. The minimum absolute atomic E-state index is 0. The van der Waals surface area contributed by atoms with E-state index in [9.17, 15) is 4.79 Å². The number of anilines is 1. The smallest absolute Gasteiger partial charge is 0.307 e. The van der Waals surface area contributed by atoms with Crippen LogP contribution in [0, 0.1) is 0 Å². The number of carbonyl (C=O) groups excluding carboxylic acids is 1. The zero-order valence-corrected chi connectivity index (χ0v) is 16.9. The molecule has 6 nitrogen and oxygen atoms in total. The van der Waals surface area contributed by atoms with Crippen molar-refractivity contribution in [1.82, 2.24) is 14.5 Å². The average Bonchev–Trinajstić information content (AvgIpc) is 3.00. The number of nitrogens with one attached hydrogen (secondary N) is 1. The second-order valence-electron chi connectivity index (χ2n) is 6.05. The van der Waals surface area contributed by atoms with Gasteiger partial charge < -0.3 is 29.3 Å². The number of hydrogen-bond acceptors (Lipinski definition) is 3. The predicted molar refractivity (Wildman–Crippen MR) is 98.6 cm³/mol. The van der Waals surface area contributed by atoms with Crippen molar-refractivity contribution < 1.29 is 33.3 Å². The highest BCUT2D eigenvalue weighted by Gasteiger charge is 2.21. The molecule has 0 aliphatic rings. The summed E-state index contributed by atoms with van der Waals surface area (Å²) in [5, 5.41) is 2.90. The van der Waals surface area contributed by atoms with Crippen LogP contribution in [0.2, 0.25) is 0 Å². The summed E-state index contributed by atoms with van der Waals surface area (Å²) in [6.45, 7) is 0.696. The molecule has 7 heteroatoms. The Labute approximate surface area is 173 Å². The van der Waals surface area contributed by atoms with E-state index in [1.165, 1.54) is 11.9 Å². The van der Waals surface area contributed by atoms with Gasteiger partial charge in [0.05, 0.1) is 13.6 Å². The standard InChI is InChI=1S/C20H17N5O.HI/c1-24-14-25(12-15-8-4-2-5-9-15)19-17(24)18(21-13-22-19)23-20(26)16-10-6-3-7-11-16;/h2-11,13-14H,12H2,1H3;1H. The van der Waals surface area contributed by atoms with Gasteiger partial charge in [-0.3, -0.25) is 9.36 Å². The molecule has 0 radical (unpaired) electrons. The van der Waals surface area contributed by atoms with Crippen molar-refractivity contribution in [3.05, 3.63) is 84.4 Å². The number of nitrogens with zero attached hydrogens (tertiary/aromatic N) is 4. The minimum Gasteiger partial charge on any atom is -1.00 e. The molecular weight excluding hydrogens is 453 g/mol. The lowest BCUT2D eigenvalue weighted by atomic mass is 10.2. The van der Waals surface area contributed by atoms with Crippen molar-refractivity contribution in [2.24, 2.45) is 7.05 Å². The topological polar surface area (TPSA) is 63.7 Å². The summed E-state index contributed by atoms with van der Waals surface area (Å²) in [4.78, 5) is 21.2. The van der Waals surface area contributed by atoms with E-state index in [1.54, 1.807) is 12.1 Å². The molecule has 0 spiro atoms. The number of rotatable bonds is 4. The highest BCUT2D eigenvalue weighted by Crippen LogP contribution is 2.17. The Morgan fingerprint density at radius 1 is 1.04 bits per heavy atom. The molecule has 0 unspecified atom stereocenters. The Morgan fingerprint density at radius 2 is 1.70 bits per heavy atom. The first-order chi connectivity index (χ1) is 12.7. The maximum absolute atomic E-state index is 12.5. The molecule has 4 rings (SSSR count). The first-order valence-electron chi connectivity index (χ1n) is 8.32. The Morgan fingerprint density at radius 3 is 2.41 bits per heavy atom. The zero-order valence-electron chi connectivity index (χ0n) is 14.7. The largest absolute Gasteiger partial charge is 1.00 e. The maximum Gasteiger partial charge on any atom is 0.307 e. The third kappa shape index (κ3) is 3.97. The number of amides is 1. The van der Waals surface area contributed by atoms with E-state index < -0.39 is 0 Å². The van der Waals surface area contributed by atoms with Crippen LogP contribution in [0.3, 0.4) is 0 Å². The molecule has 0 aliphatic carbocycles. The van der Waals surface area contributed by atoms with E-state index in [-0.39, 0.29) is 29.9 Å². The molecule has 0 fully saturated rings. The molecule has 0 saturated heterocycles. The van der Waals surface area contributed by atoms with Crippen molar-refractivity contribution in [3.63, 3.8) is 0 Å². The fourth-order valence-electron chi connectivity index (χ4n) is 2.98. The van der Waals surface area contributed by atoms with E-state index in [1.807, 2.05) is 58.9 Å². The normalized spacial score (nSPS) is 10.4. The molecule has 0 bridgehead atoms. The molecule has 0 atom stereocenters. The van der Waals surface area contributed by atoms with E-state index in [2.05, 4.69) is 27.4 Å². The number of hydrogen-bond donors (Lipinski definition) is 1. The molecule has 27 heavy (non-hydrogen) atoms. The fraction of sp³-hybridized carbons (Fsp3) is 0.100. The third-order valence-corrected chi connectivity index (χ3v) is 4.20. The van der Waals surface area contributed by atoms with Crippen LogP contribution in [0.5, 0.6) is 0 Å². The lowest BCUT2D eigenvalue weighted by Gasteiger charge is -2.04. The number of halogens is 1. The molecule has 2 heterocycles. The van der Waals surface area contributed by atoms with Crippen LogP contribution < -0.4 is 33.9 Å². The predicted octanol–water partition coefficient (Wildman–Crippen LogP) is -0.440. The Hall–Kier alpha value is -2.81. The highest BCUT2D eigenvalue weighted by molar-refractivity contribution is 6.06. The third-order valence-electron chi connectivity index (χ3n) is 4.20. The molecule has 0 saturated carbocycles. The number of imidazole rings is 1. The summed E-state index contributed by atoms with van der Waals surface area (Å²) in [6.07, 6.45) is 3.44. The van der Waals surface area contributed by atoms with E-state index in [0.717, 1.165) is 11.2 Å². The second kappa shape index (κ2) is 8.26. The van der Waals surface area contributed by atoms with Gasteiger partial charge in [-0.1, -0.05) is 53.5 Å². The van der Waals surface area contributed by atoms with Gasteiger partial charge in [0.1, 0.15) is 0 Å². The number of aromatic nitrogens is 4. The lowest BCUT2D eigenvalue weighted by molar-refractivity contribution is -0.665. The monoisotopic (exact) mass is 471 g/mol. The molecule has 1 amide bonds. The molecule has 1 N–H and O–H groups in total. The lowest BCUT2D eigenvalue weighted by Crippen LogP contribution is -3.00. The second-order valence-corrected chi connectivity index (χ2v) is 6.05. The van der Waals surface area contributed by atoms with Crippen LogP contribution in [-0.4, -0.2) is 20.4 Å². The number of carbonyl (C=O) groups is 1. The zero-order chi connectivity index (χ0) is 17.9. The molecule has 136 valence electrons. The highest BCUT2D eigenvalue weighted by atomic mass is 127. The van der Waals surface area contributed by atoms with Gasteiger partial charge >= 0.3 is 5.65 Å². The summed E-state index contributed by atoms with van der Waals surface area (Å²) < 4.78 is 3.98. The van der Waals surface area contributed by atoms with Crippen molar-refractivity contribution in [2.45, 2.75) is 6.54 Å². The Bertz CT molecular complexity index is 1060. The fourth-order valence-corrected chi connectivity index (χ4v) is 2.98. The summed E-state index contributed by atoms with van der Waals surface area (Å²) >= 11 is 0. The number of aryl methyl sites for hydroxylation is 1. The molecule has 0 aliphatic heterocycles. The summed E-state index contributed by atoms with van der Waals surface area (Å²) in [6, 6.07) is 19.3. The SMILES string of the molecule is Cn1c[n+](Cc2ccccc2)c2ncnc(NC(=O)c3ccccc3)c21.[I-]. The molecule has 2 aromatic carbocycles. The number of benzene rings is 2. The van der Waals surface area contributed by atoms with Crippen molar-refractivity contribution in [3.8, 4) is 0 Å². The van der Waals surface area contributed by atoms with Gasteiger partial charge in [0.2, 0.25) is 5.52 Å². The van der Waals surface area contributed by atoms with Crippen LogP contribution in [0.4, 0.5) is 5.82 Å². The van der Waals surface area contributed by atoms with E-state index in [0.29, 0.717) is 17.9 Å². The Kier molecular flexibility index (Phi) is 5.80. The van der Waals surface area contributed by atoms with Gasteiger partial charge in [0, 0.05) is 5.56 Å². The molecule has 2 aromatic heterocycles. The summed E-state index contributed by atoms with van der Waals surface area (Å²) in [7, 11) is 1.92. The van der Waals surface area contributed by atoms with Crippen LogP contribution >= 0.6 is 0 Å². The van der Waals surface area contributed by atoms with Crippen molar-refractivity contribution in [2.75, 3.05) is 5.32 Å². The van der Waals surface area contributed by atoms with Gasteiger partial charge in [-0.05, 0) is 17.7 Å². The Balaban J connectivity index is 0.00000210. The molecule has 4 aromatic rings. The summed E-state index contributed by atoms with van der Waals surface area (Å²) in [5.41, 5.74) is 3.33. The van der Waals surface area contributed by atoms with Crippen LogP contribution in [-0.2, 0) is 13.6 Å². The number of fused-ring (bicyclic) bond motifs is 1. The van der Waals surface area contributed by atoms with Crippen molar-refractivity contribution in [1.29, 1.82) is 0 Å². The van der Waals surface area contributed by atoms with E-state index in [4.69, 9.17) is 0 Å².